The van der Waals surface area contributed by atoms with Crippen LogP contribution in [-0.2, 0) is 19.6 Å². The van der Waals surface area contributed by atoms with Crippen molar-refractivity contribution in [3.8, 4) is 5.75 Å². The van der Waals surface area contributed by atoms with E-state index in [1.165, 1.54) is 36.5 Å². The van der Waals surface area contributed by atoms with Gasteiger partial charge in [0.25, 0.3) is 0 Å². The molecule has 3 N–H and O–H groups in total. The summed E-state index contributed by atoms with van der Waals surface area (Å²) in [5.74, 6) is -1.40. The zero-order valence-corrected chi connectivity index (χ0v) is 15.5. The molecule has 1 atom stereocenters. The maximum Gasteiger partial charge on any atom is 0.313 e. The summed E-state index contributed by atoms with van der Waals surface area (Å²) in [4.78, 5) is 23.6. The van der Waals surface area contributed by atoms with Crippen LogP contribution >= 0.6 is 0 Å². The Morgan fingerprint density at radius 3 is 2.65 bits per heavy atom. The number of methoxy groups -OCH3 is 1. The quantitative estimate of drug-likeness (QED) is 0.616. The second-order valence-electron chi connectivity index (χ2n) is 6.00. The van der Waals surface area contributed by atoms with Gasteiger partial charge < -0.3 is 20.5 Å². The number of benzene rings is 1. The number of hydrogen-bond acceptors (Lipinski definition) is 6. The molecule has 1 unspecified atom stereocenters. The van der Waals surface area contributed by atoms with E-state index in [2.05, 4.69) is 10.6 Å². The minimum atomic E-state index is -3.46. The molecule has 0 aromatic heterocycles. The van der Waals surface area contributed by atoms with Crippen molar-refractivity contribution in [2.75, 3.05) is 35.6 Å². The van der Waals surface area contributed by atoms with Crippen molar-refractivity contribution in [3.05, 3.63) is 18.2 Å². The first kappa shape index (κ1) is 20.0. The molecule has 1 aromatic carbocycles. The average molecular weight is 385 g/mol. The van der Waals surface area contributed by atoms with E-state index in [1.807, 2.05) is 0 Å². The van der Waals surface area contributed by atoms with Crippen LogP contribution in [0.4, 0.5) is 11.4 Å². The summed E-state index contributed by atoms with van der Waals surface area (Å²) in [7, 11) is -2.03. The van der Waals surface area contributed by atoms with Crippen LogP contribution in [0, 0.1) is 0 Å². The van der Waals surface area contributed by atoms with Crippen molar-refractivity contribution in [1.82, 2.24) is 5.32 Å². The lowest BCUT2D eigenvalue weighted by molar-refractivity contribution is -0.136. The molecule has 1 aliphatic rings. The molecule has 0 radical (unpaired) electrons. The summed E-state index contributed by atoms with van der Waals surface area (Å²) in [5, 5.41) is 13.8. The molecule has 1 saturated heterocycles. The first-order chi connectivity index (χ1) is 12.2. The van der Waals surface area contributed by atoms with Gasteiger partial charge in [0.05, 0.1) is 24.7 Å². The third kappa shape index (κ3) is 4.85. The highest BCUT2D eigenvalue weighted by Crippen LogP contribution is 2.35. The fraction of sp³-hybridized carbons (Fsp3) is 0.500. The van der Waals surface area contributed by atoms with Gasteiger partial charge in [-0.15, -0.1) is 0 Å². The smallest absolute Gasteiger partial charge is 0.313 e. The highest BCUT2D eigenvalue weighted by atomic mass is 32.2. The van der Waals surface area contributed by atoms with Crippen LogP contribution in [0.2, 0.25) is 0 Å². The van der Waals surface area contributed by atoms with Crippen molar-refractivity contribution < 1.29 is 27.9 Å². The Morgan fingerprint density at radius 1 is 1.31 bits per heavy atom. The molecular weight excluding hydrogens is 362 g/mol. The predicted molar refractivity (Wildman–Crippen MR) is 96.7 cm³/mol. The van der Waals surface area contributed by atoms with E-state index in [4.69, 9.17) is 9.84 Å². The molecule has 26 heavy (non-hydrogen) atoms. The number of carbonyl (C=O) groups is 2. The van der Waals surface area contributed by atoms with Crippen molar-refractivity contribution in [1.29, 1.82) is 0 Å². The molecule has 9 nitrogen and oxygen atoms in total. The number of nitrogens with zero attached hydrogens (tertiary/aromatic N) is 1. The third-order valence-electron chi connectivity index (χ3n) is 3.82. The van der Waals surface area contributed by atoms with Gasteiger partial charge in [-0.05, 0) is 38.0 Å². The number of aliphatic hydroxyl groups excluding tert-OH is 1. The number of hydrogen-bond donors (Lipinski definition) is 3. The van der Waals surface area contributed by atoms with Crippen LogP contribution in [0.15, 0.2) is 18.2 Å². The third-order valence-corrected chi connectivity index (χ3v) is 5.67. The van der Waals surface area contributed by atoms with Gasteiger partial charge in [0.2, 0.25) is 10.0 Å². The van der Waals surface area contributed by atoms with E-state index in [-0.39, 0.29) is 18.0 Å². The average Bonchev–Trinajstić information content (AvgIpc) is 2.59. The number of anilines is 2. The minimum Gasteiger partial charge on any atom is -0.495 e. The summed E-state index contributed by atoms with van der Waals surface area (Å²) in [6, 6.07) is 4.50. The fourth-order valence-electron chi connectivity index (χ4n) is 2.53. The number of carbonyl (C=O) groups excluding carboxylic acids is 2. The molecule has 0 bridgehead atoms. The Kier molecular flexibility index (Phi) is 6.43. The van der Waals surface area contributed by atoms with Crippen molar-refractivity contribution >= 4 is 33.2 Å². The standard InChI is InChI=1S/C16H23N3O6S/c1-11(20)10-17-15(21)16(22)18-12-5-6-14(25-2)13(9-12)19-7-3-4-8-26(19,23)24/h5-6,9,11,20H,3-4,7-8,10H2,1-2H3,(H,17,21)(H,18,22). The number of rotatable bonds is 5. The second kappa shape index (κ2) is 8.37. The lowest BCUT2D eigenvalue weighted by Crippen LogP contribution is -2.39. The lowest BCUT2D eigenvalue weighted by atomic mass is 10.2. The van der Waals surface area contributed by atoms with Gasteiger partial charge in [-0.1, -0.05) is 0 Å². The molecule has 0 spiro atoms. The number of nitrogens with one attached hydrogen (secondary N) is 2. The van der Waals surface area contributed by atoms with E-state index >= 15 is 0 Å². The molecule has 1 fully saturated rings. The largest absolute Gasteiger partial charge is 0.495 e. The highest BCUT2D eigenvalue weighted by Gasteiger charge is 2.28. The lowest BCUT2D eigenvalue weighted by Gasteiger charge is -2.29. The van der Waals surface area contributed by atoms with Crippen LogP contribution in [0.3, 0.4) is 0 Å². The molecule has 2 amide bonds. The van der Waals surface area contributed by atoms with Gasteiger partial charge >= 0.3 is 11.8 Å². The Bertz CT molecular complexity index is 778. The SMILES string of the molecule is COc1ccc(NC(=O)C(=O)NCC(C)O)cc1N1CCCCS1(=O)=O. The van der Waals surface area contributed by atoms with Gasteiger partial charge in [0.1, 0.15) is 5.75 Å². The second-order valence-corrected chi connectivity index (χ2v) is 8.01. The topological polar surface area (TPSA) is 125 Å². The zero-order valence-electron chi connectivity index (χ0n) is 14.7. The van der Waals surface area contributed by atoms with Crippen LogP contribution in [0.5, 0.6) is 5.75 Å². The van der Waals surface area contributed by atoms with E-state index in [1.54, 1.807) is 0 Å². The Morgan fingerprint density at radius 2 is 2.04 bits per heavy atom. The van der Waals surface area contributed by atoms with E-state index in [9.17, 15) is 18.0 Å². The normalized spacial score (nSPS) is 17.3. The summed E-state index contributed by atoms with van der Waals surface area (Å²) < 4.78 is 31.2. The van der Waals surface area contributed by atoms with Crippen LogP contribution in [0.1, 0.15) is 19.8 Å². The predicted octanol–water partition coefficient (Wildman–Crippen LogP) is 0.0607. The summed E-state index contributed by atoms with van der Waals surface area (Å²) in [6.07, 6.45) is 0.547. The molecule has 1 aliphatic heterocycles. The van der Waals surface area contributed by atoms with Crippen molar-refractivity contribution in [3.63, 3.8) is 0 Å². The molecule has 0 saturated carbocycles. The molecule has 10 heteroatoms. The Labute approximate surface area is 152 Å². The molecule has 0 aliphatic carbocycles. The van der Waals surface area contributed by atoms with Crippen LogP contribution < -0.4 is 19.7 Å². The van der Waals surface area contributed by atoms with Gasteiger partial charge in [0.15, 0.2) is 0 Å². The maximum absolute atomic E-state index is 12.3. The summed E-state index contributed by atoms with van der Waals surface area (Å²) in [6.45, 7) is 1.75. The fourth-order valence-corrected chi connectivity index (χ4v) is 4.17. The van der Waals surface area contributed by atoms with Crippen molar-refractivity contribution in [2.45, 2.75) is 25.9 Å². The summed E-state index contributed by atoms with van der Waals surface area (Å²) in [5.41, 5.74) is 0.577. The van der Waals surface area contributed by atoms with Crippen molar-refractivity contribution in [2.24, 2.45) is 0 Å². The van der Waals surface area contributed by atoms with E-state index in [0.717, 1.165) is 6.42 Å². The maximum atomic E-state index is 12.3. The first-order valence-electron chi connectivity index (χ1n) is 8.20. The molecule has 1 aromatic rings. The van der Waals surface area contributed by atoms with E-state index in [0.29, 0.717) is 24.4 Å². The monoisotopic (exact) mass is 385 g/mol. The van der Waals surface area contributed by atoms with Crippen LogP contribution in [0.25, 0.3) is 0 Å². The number of aliphatic hydroxyl groups is 1. The molecular formula is C16H23N3O6S. The molecule has 144 valence electrons. The Balaban J connectivity index is 2.21. The van der Waals surface area contributed by atoms with Gasteiger partial charge in [-0.25, -0.2) is 8.42 Å². The van der Waals surface area contributed by atoms with E-state index < -0.39 is 27.9 Å². The zero-order chi connectivity index (χ0) is 19.3. The number of ether oxygens (including phenoxy) is 1. The summed E-state index contributed by atoms with van der Waals surface area (Å²) >= 11 is 0. The molecule has 2 rings (SSSR count). The minimum absolute atomic E-state index is 0.0495. The van der Waals surface area contributed by atoms with Gasteiger partial charge in [-0.3, -0.25) is 13.9 Å². The Hall–Kier alpha value is -2.33. The number of amides is 2. The van der Waals surface area contributed by atoms with Gasteiger partial charge in [0, 0.05) is 18.8 Å². The number of sulfonamides is 1. The van der Waals surface area contributed by atoms with Crippen LogP contribution in [-0.4, -0.2) is 57.4 Å². The molecule has 1 heterocycles. The highest BCUT2D eigenvalue weighted by molar-refractivity contribution is 7.92. The first-order valence-corrected chi connectivity index (χ1v) is 9.81. The van der Waals surface area contributed by atoms with Gasteiger partial charge in [-0.2, -0.15) is 0 Å².